The molecule has 9 heteroatoms. The van der Waals surface area contributed by atoms with E-state index in [2.05, 4.69) is 10.1 Å². The maximum absolute atomic E-state index is 13.0. The number of nitriles is 1. The van der Waals surface area contributed by atoms with Crippen LogP contribution in [-0.4, -0.2) is 47.6 Å². The molecule has 0 aliphatic carbocycles. The number of rotatable bonds is 8. The van der Waals surface area contributed by atoms with E-state index in [0.29, 0.717) is 36.3 Å². The van der Waals surface area contributed by atoms with Crippen LogP contribution < -0.4 is 0 Å². The normalized spacial score (nSPS) is 12.5. The molecule has 0 bridgehead atoms. The van der Waals surface area contributed by atoms with E-state index in [-0.39, 0.29) is 5.82 Å². The predicted molar refractivity (Wildman–Crippen MR) is 100 cm³/mol. The molecule has 0 amide bonds. The van der Waals surface area contributed by atoms with Gasteiger partial charge in [-0.15, -0.1) is 0 Å². The molecule has 0 atom stereocenters. The lowest BCUT2D eigenvalue weighted by Crippen LogP contribution is -2.35. The minimum absolute atomic E-state index is 0.162. The Morgan fingerprint density at radius 1 is 1.35 bits per heavy atom. The first kappa shape index (κ1) is 19.9. The van der Waals surface area contributed by atoms with Gasteiger partial charge in [-0.2, -0.15) is 22.0 Å². The smallest absolute Gasteiger partial charge is 0.310 e. The first-order chi connectivity index (χ1) is 12.4. The van der Waals surface area contributed by atoms with Crippen LogP contribution in [0.5, 0.6) is 0 Å². The van der Waals surface area contributed by atoms with Gasteiger partial charge >= 0.3 is 10.2 Å². The number of imidazole rings is 1. The van der Waals surface area contributed by atoms with Crippen LogP contribution in [0, 0.1) is 11.3 Å². The van der Waals surface area contributed by atoms with Gasteiger partial charge in [-0.25, -0.2) is 4.98 Å². The van der Waals surface area contributed by atoms with Crippen LogP contribution in [0.3, 0.4) is 0 Å². The molecule has 1 aromatic heterocycles. The van der Waals surface area contributed by atoms with Crippen molar-refractivity contribution in [2.24, 2.45) is 5.16 Å². The van der Waals surface area contributed by atoms with Crippen molar-refractivity contribution in [3.05, 3.63) is 29.6 Å². The van der Waals surface area contributed by atoms with Gasteiger partial charge in [0.25, 0.3) is 0 Å². The lowest BCUT2D eigenvalue weighted by molar-refractivity contribution is 0.213. The molecule has 0 radical (unpaired) electrons. The summed E-state index contributed by atoms with van der Waals surface area (Å²) in [6.45, 7) is 6.13. The van der Waals surface area contributed by atoms with Crippen LogP contribution in [-0.2, 0) is 15.0 Å². The second-order valence-corrected chi connectivity index (χ2v) is 7.35. The lowest BCUT2D eigenvalue weighted by atomic mass is 10.1. The van der Waals surface area contributed by atoms with Gasteiger partial charge < -0.3 is 4.84 Å². The van der Waals surface area contributed by atoms with Crippen LogP contribution in [0.25, 0.3) is 11.0 Å². The average molecular weight is 377 g/mol. The second kappa shape index (κ2) is 8.29. The highest BCUT2D eigenvalue weighted by Gasteiger charge is 2.27. The molecule has 0 saturated carbocycles. The third kappa shape index (κ3) is 3.57. The Morgan fingerprint density at radius 2 is 2.04 bits per heavy atom. The van der Waals surface area contributed by atoms with Crippen molar-refractivity contribution in [3.8, 4) is 6.07 Å². The summed E-state index contributed by atoms with van der Waals surface area (Å²) in [6.07, 6.45) is 1.54. The number of hydrogen-bond donors (Lipinski definition) is 0. The summed E-state index contributed by atoms with van der Waals surface area (Å²) >= 11 is 0. The summed E-state index contributed by atoms with van der Waals surface area (Å²) in [4.78, 5) is 9.07. The van der Waals surface area contributed by atoms with Gasteiger partial charge in [0, 0.05) is 18.7 Å². The van der Waals surface area contributed by atoms with Gasteiger partial charge in [0.2, 0.25) is 5.82 Å². The summed E-state index contributed by atoms with van der Waals surface area (Å²) in [5, 5.41) is 13.4. The average Bonchev–Trinajstić information content (AvgIpc) is 3.00. The van der Waals surface area contributed by atoms with Gasteiger partial charge in [-0.3, -0.25) is 0 Å². The van der Waals surface area contributed by atoms with Crippen LogP contribution in [0.2, 0.25) is 0 Å². The van der Waals surface area contributed by atoms with Crippen molar-refractivity contribution in [1.29, 1.82) is 5.26 Å². The van der Waals surface area contributed by atoms with Crippen LogP contribution in [0.4, 0.5) is 0 Å². The van der Waals surface area contributed by atoms with Crippen molar-refractivity contribution in [1.82, 2.24) is 13.3 Å². The number of benzene rings is 1. The van der Waals surface area contributed by atoms with E-state index in [1.165, 1.54) is 11.4 Å². The molecule has 8 nitrogen and oxygen atoms in total. The molecule has 2 rings (SSSR count). The van der Waals surface area contributed by atoms with E-state index in [1.807, 2.05) is 13.0 Å². The third-order valence-electron chi connectivity index (χ3n) is 4.00. The van der Waals surface area contributed by atoms with Crippen molar-refractivity contribution < 1.29 is 13.3 Å². The molecule has 0 spiro atoms. The van der Waals surface area contributed by atoms with Crippen molar-refractivity contribution in [2.75, 3.05) is 20.2 Å². The van der Waals surface area contributed by atoms with Crippen LogP contribution >= 0.6 is 0 Å². The van der Waals surface area contributed by atoms with Gasteiger partial charge in [-0.05, 0) is 18.6 Å². The fourth-order valence-corrected chi connectivity index (χ4v) is 4.37. The van der Waals surface area contributed by atoms with Crippen molar-refractivity contribution in [3.63, 3.8) is 0 Å². The van der Waals surface area contributed by atoms with Crippen molar-refractivity contribution >= 4 is 27.0 Å². The Hall–Kier alpha value is -2.44. The Morgan fingerprint density at radius 3 is 2.58 bits per heavy atom. The fourth-order valence-electron chi connectivity index (χ4n) is 2.79. The van der Waals surface area contributed by atoms with Crippen LogP contribution in [0.1, 0.15) is 45.0 Å². The van der Waals surface area contributed by atoms with E-state index in [9.17, 15) is 13.7 Å². The molecule has 0 saturated heterocycles. The minimum Gasteiger partial charge on any atom is -0.399 e. The monoisotopic (exact) mass is 377 g/mol. The molecule has 0 aliphatic heterocycles. The fraction of sp³-hybridized carbons (Fsp3) is 0.471. The molecular formula is C17H23N5O3S. The molecule has 140 valence electrons. The summed E-state index contributed by atoms with van der Waals surface area (Å²) in [5.74, 6) is -0.162. The summed E-state index contributed by atoms with van der Waals surface area (Å²) < 4.78 is 28.3. The molecule has 0 fully saturated rings. The highest BCUT2D eigenvalue weighted by atomic mass is 32.2. The minimum atomic E-state index is -3.90. The van der Waals surface area contributed by atoms with E-state index in [0.717, 1.165) is 16.0 Å². The Labute approximate surface area is 153 Å². The topological polar surface area (TPSA) is 101 Å². The number of hydrogen-bond acceptors (Lipinski definition) is 6. The summed E-state index contributed by atoms with van der Waals surface area (Å²) in [7, 11) is -2.43. The largest absolute Gasteiger partial charge is 0.399 e. The van der Waals surface area contributed by atoms with Gasteiger partial charge in [-0.1, -0.05) is 38.4 Å². The molecule has 1 aromatic carbocycles. The predicted octanol–water partition coefficient (Wildman–Crippen LogP) is 2.49. The van der Waals surface area contributed by atoms with E-state index >= 15 is 0 Å². The number of fused-ring (bicyclic) bond motifs is 1. The highest BCUT2D eigenvalue weighted by molar-refractivity contribution is 7.87. The first-order valence-electron chi connectivity index (χ1n) is 8.48. The van der Waals surface area contributed by atoms with E-state index in [1.54, 1.807) is 32.0 Å². The maximum atomic E-state index is 13.0. The zero-order valence-corrected chi connectivity index (χ0v) is 16.2. The molecule has 26 heavy (non-hydrogen) atoms. The number of aromatic nitrogens is 2. The Balaban J connectivity index is 2.76. The third-order valence-corrected chi connectivity index (χ3v) is 6.00. The zero-order valence-electron chi connectivity index (χ0n) is 15.4. The summed E-state index contributed by atoms with van der Waals surface area (Å²) in [6, 6.07) is 7.08. The number of nitrogens with zero attached hydrogens (tertiary/aromatic N) is 5. The zero-order chi connectivity index (χ0) is 19.3. The molecule has 0 N–H and O–H groups in total. The molecular weight excluding hydrogens is 354 g/mol. The maximum Gasteiger partial charge on any atom is 0.310 e. The SMILES string of the molecule is CCCC(=NOC)c1ccc2nc(C#N)n(S(=O)(=O)N(CC)CC)c2c1. The Kier molecular flexibility index (Phi) is 6.34. The number of oxime groups is 1. The molecule has 1 heterocycles. The van der Waals surface area contributed by atoms with Gasteiger partial charge in [0.1, 0.15) is 13.2 Å². The van der Waals surface area contributed by atoms with E-state index in [4.69, 9.17) is 4.84 Å². The van der Waals surface area contributed by atoms with Gasteiger partial charge in [0.15, 0.2) is 0 Å². The van der Waals surface area contributed by atoms with Gasteiger partial charge in [0.05, 0.1) is 16.7 Å². The van der Waals surface area contributed by atoms with E-state index < -0.39 is 10.2 Å². The lowest BCUT2D eigenvalue weighted by Gasteiger charge is -2.19. The standard InChI is InChI=1S/C17H23N5O3S/c1-5-8-14(20-25-4)13-9-10-15-16(11-13)22(17(12-18)19-15)26(23,24)21(6-2)7-3/h9-11H,5-8H2,1-4H3. The molecule has 0 aliphatic rings. The second-order valence-electron chi connectivity index (χ2n) is 5.58. The first-order valence-corrected chi connectivity index (χ1v) is 9.87. The quantitative estimate of drug-likeness (QED) is 0.520. The van der Waals surface area contributed by atoms with Crippen LogP contribution in [0.15, 0.2) is 23.4 Å². The molecule has 0 unspecified atom stereocenters. The molecule has 2 aromatic rings. The highest BCUT2D eigenvalue weighted by Crippen LogP contribution is 2.23. The van der Waals surface area contributed by atoms with Crippen molar-refractivity contribution in [2.45, 2.75) is 33.6 Å². The Bertz CT molecular complexity index is 953. The summed E-state index contributed by atoms with van der Waals surface area (Å²) in [5.41, 5.74) is 2.24.